The molecule has 0 aliphatic carbocycles. The number of para-hydroxylation sites is 1. The summed E-state index contributed by atoms with van der Waals surface area (Å²) in [6.07, 6.45) is 1.62. The molecule has 0 bridgehead atoms. The molecule has 9 nitrogen and oxygen atoms in total. The number of nitrogens with zero attached hydrogens (tertiary/aromatic N) is 5. The van der Waals surface area contributed by atoms with Gasteiger partial charge in [-0.3, -0.25) is 14.5 Å². The number of carbonyl (C=O) groups is 1. The lowest BCUT2D eigenvalue weighted by atomic mass is 10.0. The fourth-order valence-corrected chi connectivity index (χ4v) is 4.50. The van der Waals surface area contributed by atoms with Crippen LogP contribution >= 0.6 is 0 Å². The molecule has 1 unspecified atom stereocenters. The molecule has 0 radical (unpaired) electrons. The molecule has 9 heteroatoms. The van der Waals surface area contributed by atoms with Crippen LogP contribution in [0.1, 0.15) is 55.2 Å². The highest BCUT2D eigenvalue weighted by atomic mass is 16.5. The Kier molecular flexibility index (Phi) is 8.22. The van der Waals surface area contributed by atoms with Gasteiger partial charge < -0.3 is 9.72 Å². The number of benzene rings is 2. The lowest BCUT2D eigenvalue weighted by molar-refractivity contribution is -0.144. The highest BCUT2D eigenvalue weighted by molar-refractivity contribution is 5.81. The number of aromatic nitrogens is 5. The van der Waals surface area contributed by atoms with Gasteiger partial charge in [0.05, 0.1) is 18.2 Å². The van der Waals surface area contributed by atoms with Gasteiger partial charge in [-0.25, -0.2) is 4.68 Å². The average Bonchev–Trinajstić information content (AvgIpc) is 3.31. The summed E-state index contributed by atoms with van der Waals surface area (Å²) in [5, 5.41) is 13.2. The molecule has 4 rings (SSSR count). The highest BCUT2D eigenvalue weighted by Gasteiger charge is 2.27. The Balaban J connectivity index is 1.74. The first kappa shape index (κ1) is 25.2. The second-order valence-corrected chi connectivity index (χ2v) is 8.86. The second kappa shape index (κ2) is 11.7. The van der Waals surface area contributed by atoms with Crippen LogP contribution in [0.2, 0.25) is 0 Å². The Morgan fingerprint density at radius 1 is 1.11 bits per heavy atom. The lowest BCUT2D eigenvalue weighted by Crippen LogP contribution is -2.33. The van der Waals surface area contributed by atoms with Crippen molar-refractivity contribution in [3.8, 4) is 0 Å². The number of ether oxygens (including phenoxy) is 1. The van der Waals surface area contributed by atoms with Crippen LogP contribution in [-0.2, 0) is 29.2 Å². The van der Waals surface area contributed by atoms with Crippen LogP contribution in [0.5, 0.6) is 0 Å². The van der Waals surface area contributed by atoms with E-state index in [1.807, 2.05) is 49.4 Å². The third-order valence-electron chi connectivity index (χ3n) is 6.21. The van der Waals surface area contributed by atoms with Crippen molar-refractivity contribution in [1.82, 2.24) is 30.1 Å². The third-order valence-corrected chi connectivity index (χ3v) is 6.21. The number of rotatable bonds is 11. The molecular formula is C27H32N6O3. The van der Waals surface area contributed by atoms with Crippen LogP contribution in [0, 0.1) is 6.92 Å². The molecule has 0 saturated heterocycles. The van der Waals surface area contributed by atoms with Crippen molar-refractivity contribution in [3.05, 3.63) is 87.5 Å². The molecule has 36 heavy (non-hydrogen) atoms. The Bertz CT molecular complexity index is 1360. The maximum atomic E-state index is 13.1. The van der Waals surface area contributed by atoms with Gasteiger partial charge in [-0.05, 0) is 53.3 Å². The normalized spacial score (nSPS) is 12.2. The number of nitrogens with one attached hydrogen (secondary N) is 1. The van der Waals surface area contributed by atoms with Gasteiger partial charge in [-0.15, -0.1) is 5.10 Å². The number of esters is 1. The van der Waals surface area contributed by atoms with E-state index in [9.17, 15) is 9.59 Å². The minimum absolute atomic E-state index is 0.0641. The van der Waals surface area contributed by atoms with Gasteiger partial charge in [0.25, 0.3) is 5.56 Å². The zero-order valence-electron chi connectivity index (χ0n) is 21.0. The van der Waals surface area contributed by atoms with Gasteiger partial charge >= 0.3 is 5.97 Å². The van der Waals surface area contributed by atoms with Crippen LogP contribution in [0.4, 0.5) is 0 Å². The Labute approximate surface area is 210 Å². The van der Waals surface area contributed by atoms with Crippen LogP contribution in [0.25, 0.3) is 10.9 Å². The largest absolute Gasteiger partial charge is 0.465 e. The van der Waals surface area contributed by atoms with Gasteiger partial charge in [0, 0.05) is 18.7 Å². The zero-order chi connectivity index (χ0) is 25.5. The molecule has 0 fully saturated rings. The Morgan fingerprint density at radius 3 is 2.67 bits per heavy atom. The van der Waals surface area contributed by atoms with E-state index in [0.29, 0.717) is 31.1 Å². The number of fused-ring (bicyclic) bond motifs is 1. The quantitative estimate of drug-likeness (QED) is 0.319. The fraction of sp³-hybridized carbons (Fsp3) is 0.370. The highest BCUT2D eigenvalue weighted by Crippen LogP contribution is 2.28. The molecule has 1 atom stereocenters. The van der Waals surface area contributed by atoms with Crippen LogP contribution < -0.4 is 5.56 Å². The van der Waals surface area contributed by atoms with E-state index in [0.717, 1.165) is 34.9 Å². The van der Waals surface area contributed by atoms with Crippen molar-refractivity contribution >= 4 is 16.9 Å². The van der Waals surface area contributed by atoms with Gasteiger partial charge in [0.1, 0.15) is 6.54 Å². The minimum atomic E-state index is -0.391. The number of tetrazole rings is 1. The van der Waals surface area contributed by atoms with Crippen molar-refractivity contribution in [2.45, 2.75) is 59.3 Å². The lowest BCUT2D eigenvalue weighted by Gasteiger charge is -2.31. The molecule has 0 aliphatic heterocycles. The number of aryl methyl sites for hydroxylation is 1. The summed E-state index contributed by atoms with van der Waals surface area (Å²) in [6, 6.07) is 17.8. The first-order valence-electron chi connectivity index (χ1n) is 12.3. The van der Waals surface area contributed by atoms with Crippen molar-refractivity contribution < 1.29 is 9.53 Å². The summed E-state index contributed by atoms with van der Waals surface area (Å²) in [4.78, 5) is 30.6. The van der Waals surface area contributed by atoms with Crippen LogP contribution in [0.15, 0.2) is 59.4 Å². The van der Waals surface area contributed by atoms with Crippen LogP contribution in [-0.4, -0.2) is 42.7 Å². The summed E-state index contributed by atoms with van der Waals surface area (Å²) >= 11 is 0. The Morgan fingerprint density at radius 2 is 1.92 bits per heavy atom. The van der Waals surface area contributed by atoms with Gasteiger partial charge in [-0.2, -0.15) is 0 Å². The van der Waals surface area contributed by atoms with Gasteiger partial charge in [0.15, 0.2) is 5.82 Å². The first-order chi connectivity index (χ1) is 17.5. The monoisotopic (exact) mass is 488 g/mol. The van der Waals surface area contributed by atoms with E-state index in [4.69, 9.17) is 4.74 Å². The number of hydrogen-bond acceptors (Lipinski definition) is 7. The molecule has 2 aromatic heterocycles. The smallest absolute Gasteiger partial charge is 0.327 e. The Hall–Kier alpha value is -3.85. The predicted octanol–water partition coefficient (Wildman–Crippen LogP) is 3.93. The second-order valence-electron chi connectivity index (χ2n) is 8.86. The molecule has 2 heterocycles. The minimum Gasteiger partial charge on any atom is -0.465 e. The number of hydrogen-bond donors (Lipinski definition) is 1. The molecule has 1 N–H and O–H groups in total. The van der Waals surface area contributed by atoms with E-state index in [1.54, 1.807) is 6.92 Å². The molecule has 0 amide bonds. The molecule has 0 saturated carbocycles. The topological polar surface area (TPSA) is 106 Å². The SMILES string of the molecule is CCCC(c1nnnn1CC(=O)OCC)N(Cc1ccccc1)Cc1cc2cccc(C)c2[nH]c1=O. The van der Waals surface area contributed by atoms with Crippen molar-refractivity contribution in [3.63, 3.8) is 0 Å². The molecule has 4 aromatic rings. The summed E-state index contributed by atoms with van der Waals surface area (Å²) in [5.41, 5.74) is 3.53. The fourth-order valence-electron chi connectivity index (χ4n) is 4.50. The molecule has 0 spiro atoms. The summed E-state index contributed by atoms with van der Waals surface area (Å²) in [6.45, 7) is 7.06. The van der Waals surface area contributed by atoms with E-state index in [2.05, 4.69) is 44.5 Å². The number of pyridine rings is 1. The van der Waals surface area contributed by atoms with E-state index in [1.165, 1.54) is 4.68 Å². The number of H-pyrrole nitrogens is 1. The van der Waals surface area contributed by atoms with Crippen molar-refractivity contribution in [1.29, 1.82) is 0 Å². The average molecular weight is 489 g/mol. The summed E-state index contributed by atoms with van der Waals surface area (Å²) < 4.78 is 6.62. The summed E-state index contributed by atoms with van der Waals surface area (Å²) in [5.74, 6) is 0.186. The molecule has 0 aliphatic rings. The molecular weight excluding hydrogens is 456 g/mol. The third kappa shape index (κ3) is 5.85. The van der Waals surface area contributed by atoms with Gasteiger partial charge in [0.2, 0.25) is 0 Å². The molecule has 188 valence electrons. The van der Waals surface area contributed by atoms with E-state index in [-0.39, 0.29) is 18.1 Å². The number of carbonyl (C=O) groups excluding carboxylic acids is 1. The van der Waals surface area contributed by atoms with Gasteiger partial charge in [-0.1, -0.05) is 61.9 Å². The van der Waals surface area contributed by atoms with E-state index >= 15 is 0 Å². The predicted molar refractivity (Wildman–Crippen MR) is 137 cm³/mol. The van der Waals surface area contributed by atoms with E-state index < -0.39 is 5.97 Å². The van der Waals surface area contributed by atoms with Crippen molar-refractivity contribution in [2.75, 3.05) is 6.61 Å². The number of aromatic amines is 1. The summed E-state index contributed by atoms with van der Waals surface area (Å²) in [7, 11) is 0. The first-order valence-corrected chi connectivity index (χ1v) is 12.3. The van der Waals surface area contributed by atoms with Crippen molar-refractivity contribution in [2.24, 2.45) is 0 Å². The van der Waals surface area contributed by atoms with Crippen LogP contribution in [0.3, 0.4) is 0 Å². The molecule has 2 aromatic carbocycles. The standard InChI is InChI=1S/C27H32N6O3/c1-4-10-23(26-29-30-31-33(26)18-24(34)36-5-2)32(16-20-12-7-6-8-13-20)17-22-15-21-14-9-11-19(3)25(21)28-27(22)35/h6-9,11-15,23H,4-5,10,16-18H2,1-3H3,(H,28,35). The maximum Gasteiger partial charge on any atom is 0.327 e. The zero-order valence-corrected chi connectivity index (χ0v) is 21.0. The maximum absolute atomic E-state index is 13.1.